The number of carbonyl (C=O) groups excluding carboxylic acids is 1. The van der Waals surface area contributed by atoms with Gasteiger partial charge in [-0.15, -0.1) is 0 Å². The Balaban J connectivity index is 1.69. The number of amides is 1. The quantitative estimate of drug-likeness (QED) is 0.859. The molecule has 20 heavy (non-hydrogen) atoms. The maximum absolute atomic E-state index is 11.5. The van der Waals surface area contributed by atoms with Gasteiger partial charge in [0.2, 0.25) is 5.95 Å². The summed E-state index contributed by atoms with van der Waals surface area (Å²) in [4.78, 5) is 21.8. The van der Waals surface area contributed by atoms with Crippen molar-refractivity contribution in [3.8, 4) is 0 Å². The Labute approximate surface area is 118 Å². The molecule has 2 heterocycles. The predicted octanol–water partition coefficient (Wildman–Crippen LogP) is 2.57. The van der Waals surface area contributed by atoms with Gasteiger partial charge in [-0.25, -0.2) is 9.78 Å². The molecule has 0 radical (unpaired) electrons. The summed E-state index contributed by atoms with van der Waals surface area (Å²) in [6.07, 6.45) is 8.85. The zero-order valence-electron chi connectivity index (χ0n) is 11.5. The Morgan fingerprint density at radius 1 is 1.25 bits per heavy atom. The number of nitrogens with one attached hydrogen (secondary N) is 1. The molecular weight excluding hydrogens is 256 g/mol. The van der Waals surface area contributed by atoms with Gasteiger partial charge in [-0.3, -0.25) is 4.90 Å². The van der Waals surface area contributed by atoms with Crippen molar-refractivity contribution in [3.63, 3.8) is 0 Å². The zero-order chi connectivity index (χ0) is 13.8. The molecule has 1 aliphatic heterocycles. The molecule has 2 aliphatic rings. The monoisotopic (exact) mass is 276 g/mol. The van der Waals surface area contributed by atoms with E-state index in [1.54, 1.807) is 17.2 Å². The van der Waals surface area contributed by atoms with E-state index in [0.717, 1.165) is 0 Å². The van der Waals surface area contributed by atoms with Crippen LogP contribution in [-0.2, 0) is 4.74 Å². The van der Waals surface area contributed by atoms with Crippen molar-refractivity contribution >= 4 is 17.9 Å². The number of ether oxygens (including phenoxy) is 1. The van der Waals surface area contributed by atoms with Crippen molar-refractivity contribution < 1.29 is 9.53 Å². The Morgan fingerprint density at radius 2 is 2.05 bits per heavy atom. The zero-order valence-corrected chi connectivity index (χ0v) is 11.5. The molecule has 0 atom stereocenters. The van der Waals surface area contributed by atoms with Gasteiger partial charge in [-0.05, 0) is 18.9 Å². The number of rotatable bonds is 3. The van der Waals surface area contributed by atoms with E-state index in [0.29, 0.717) is 31.0 Å². The van der Waals surface area contributed by atoms with E-state index >= 15 is 0 Å². The summed E-state index contributed by atoms with van der Waals surface area (Å²) in [5.41, 5.74) is 0. The van der Waals surface area contributed by atoms with Crippen LogP contribution in [-0.4, -0.2) is 35.3 Å². The van der Waals surface area contributed by atoms with E-state index in [-0.39, 0.29) is 6.09 Å². The maximum atomic E-state index is 11.5. The fourth-order valence-electron chi connectivity index (χ4n) is 2.78. The molecule has 0 bridgehead atoms. The largest absolute Gasteiger partial charge is 0.447 e. The van der Waals surface area contributed by atoms with Crippen LogP contribution in [0.2, 0.25) is 0 Å². The van der Waals surface area contributed by atoms with Gasteiger partial charge in [0.15, 0.2) is 0 Å². The molecule has 0 unspecified atom stereocenters. The molecule has 1 aromatic rings. The van der Waals surface area contributed by atoms with Gasteiger partial charge in [0.05, 0.1) is 6.54 Å². The molecule has 1 saturated heterocycles. The van der Waals surface area contributed by atoms with Crippen molar-refractivity contribution in [3.05, 3.63) is 12.3 Å². The highest BCUT2D eigenvalue weighted by molar-refractivity contribution is 5.88. The Morgan fingerprint density at radius 3 is 2.75 bits per heavy atom. The van der Waals surface area contributed by atoms with Gasteiger partial charge in [-0.1, -0.05) is 25.7 Å². The second-order valence-corrected chi connectivity index (χ2v) is 5.34. The van der Waals surface area contributed by atoms with Crippen LogP contribution in [0.3, 0.4) is 0 Å². The fraction of sp³-hybridized carbons (Fsp3) is 0.643. The van der Waals surface area contributed by atoms with Crippen LogP contribution in [0.25, 0.3) is 0 Å². The minimum Gasteiger partial charge on any atom is -0.447 e. The topological polar surface area (TPSA) is 67.3 Å². The number of cyclic esters (lactones) is 1. The van der Waals surface area contributed by atoms with Gasteiger partial charge < -0.3 is 10.1 Å². The van der Waals surface area contributed by atoms with Gasteiger partial charge >= 0.3 is 6.09 Å². The second kappa shape index (κ2) is 6.07. The number of aromatic nitrogens is 2. The Bertz CT molecular complexity index is 472. The third-order valence-electron chi connectivity index (χ3n) is 3.87. The van der Waals surface area contributed by atoms with Gasteiger partial charge in [0, 0.05) is 12.2 Å². The molecule has 1 aliphatic carbocycles. The van der Waals surface area contributed by atoms with Gasteiger partial charge in [-0.2, -0.15) is 4.98 Å². The molecule has 0 spiro atoms. The van der Waals surface area contributed by atoms with Gasteiger partial charge in [0.25, 0.3) is 0 Å². The van der Waals surface area contributed by atoms with E-state index in [2.05, 4.69) is 15.3 Å². The molecule has 1 saturated carbocycles. The number of hydrogen-bond donors (Lipinski definition) is 1. The van der Waals surface area contributed by atoms with Gasteiger partial charge in [0.1, 0.15) is 12.4 Å². The predicted molar refractivity (Wildman–Crippen MR) is 75.8 cm³/mol. The summed E-state index contributed by atoms with van der Waals surface area (Å²) < 4.78 is 4.93. The number of carbonyl (C=O) groups is 1. The normalized spacial score (nSPS) is 20.6. The van der Waals surface area contributed by atoms with Crippen LogP contribution < -0.4 is 10.2 Å². The van der Waals surface area contributed by atoms with Crippen LogP contribution in [0.4, 0.5) is 16.6 Å². The van der Waals surface area contributed by atoms with Crippen molar-refractivity contribution in [1.82, 2.24) is 9.97 Å². The minimum atomic E-state index is -0.330. The molecule has 2 fully saturated rings. The highest BCUT2D eigenvalue weighted by Gasteiger charge is 2.25. The van der Waals surface area contributed by atoms with Crippen LogP contribution in [0.15, 0.2) is 12.3 Å². The van der Waals surface area contributed by atoms with Crippen LogP contribution in [0.1, 0.15) is 38.5 Å². The lowest BCUT2D eigenvalue weighted by atomic mass is 10.1. The summed E-state index contributed by atoms with van der Waals surface area (Å²) in [6.45, 7) is 0.979. The van der Waals surface area contributed by atoms with Crippen molar-refractivity contribution in [2.75, 3.05) is 23.4 Å². The molecule has 1 amide bonds. The van der Waals surface area contributed by atoms with Crippen molar-refractivity contribution in [2.24, 2.45) is 0 Å². The number of nitrogens with zero attached hydrogens (tertiary/aromatic N) is 3. The van der Waals surface area contributed by atoms with Crippen LogP contribution in [0.5, 0.6) is 0 Å². The van der Waals surface area contributed by atoms with Crippen LogP contribution in [0, 0.1) is 0 Å². The molecule has 3 rings (SSSR count). The SMILES string of the molecule is O=C1OCCN1c1ccnc(NC2CCCCCC2)n1. The first-order valence-electron chi connectivity index (χ1n) is 7.37. The molecule has 6 heteroatoms. The summed E-state index contributed by atoms with van der Waals surface area (Å²) in [6, 6.07) is 2.18. The fourth-order valence-corrected chi connectivity index (χ4v) is 2.78. The Hall–Kier alpha value is -1.85. The first-order chi connectivity index (χ1) is 9.83. The first kappa shape index (κ1) is 13.1. The third-order valence-corrected chi connectivity index (χ3v) is 3.87. The lowest BCUT2D eigenvalue weighted by Crippen LogP contribution is -2.26. The summed E-state index contributed by atoms with van der Waals surface area (Å²) >= 11 is 0. The van der Waals surface area contributed by atoms with E-state index in [9.17, 15) is 4.79 Å². The summed E-state index contributed by atoms with van der Waals surface area (Å²) in [7, 11) is 0. The van der Waals surface area contributed by atoms with Crippen molar-refractivity contribution in [1.29, 1.82) is 0 Å². The molecule has 6 nitrogen and oxygen atoms in total. The smallest absolute Gasteiger partial charge is 0.415 e. The Kier molecular flexibility index (Phi) is 3.99. The van der Waals surface area contributed by atoms with Crippen molar-refractivity contribution in [2.45, 2.75) is 44.6 Å². The van der Waals surface area contributed by atoms with E-state index in [1.165, 1.54) is 38.5 Å². The molecule has 1 N–H and O–H groups in total. The summed E-state index contributed by atoms with van der Waals surface area (Å²) in [5.74, 6) is 1.22. The maximum Gasteiger partial charge on any atom is 0.415 e. The molecule has 0 aromatic carbocycles. The second-order valence-electron chi connectivity index (χ2n) is 5.34. The highest BCUT2D eigenvalue weighted by Crippen LogP contribution is 2.21. The lowest BCUT2D eigenvalue weighted by molar-refractivity contribution is 0.181. The number of anilines is 2. The van der Waals surface area contributed by atoms with Crippen LogP contribution >= 0.6 is 0 Å². The molecule has 108 valence electrons. The molecular formula is C14H20N4O2. The average molecular weight is 276 g/mol. The average Bonchev–Trinajstić information content (AvgIpc) is 2.72. The standard InChI is InChI=1S/C14H20N4O2/c19-14-18(9-10-20-14)12-7-8-15-13(17-12)16-11-5-3-1-2-4-6-11/h7-8,11H,1-6,9-10H2,(H,15,16,17). The summed E-state index contributed by atoms with van der Waals surface area (Å²) in [5, 5.41) is 3.40. The van der Waals surface area contributed by atoms with E-state index < -0.39 is 0 Å². The van der Waals surface area contributed by atoms with E-state index in [4.69, 9.17) is 4.74 Å². The lowest BCUT2D eigenvalue weighted by Gasteiger charge is -2.17. The first-order valence-corrected chi connectivity index (χ1v) is 7.37. The highest BCUT2D eigenvalue weighted by atomic mass is 16.6. The minimum absolute atomic E-state index is 0.330. The van der Waals surface area contributed by atoms with E-state index in [1.807, 2.05) is 0 Å². The number of hydrogen-bond acceptors (Lipinski definition) is 5. The molecule has 1 aromatic heterocycles. The third kappa shape index (κ3) is 3.00.